The summed E-state index contributed by atoms with van der Waals surface area (Å²) < 4.78 is 0. The molecule has 4 nitrogen and oxygen atoms in total. The number of carbonyl (C=O) groups excluding carboxylic acids is 2. The quantitative estimate of drug-likeness (QED) is 0.647. The summed E-state index contributed by atoms with van der Waals surface area (Å²) in [6.45, 7) is 0. The number of nitrogens with one attached hydrogen (secondary N) is 1. The molecular weight excluding hydrogens is 180 g/mol. The summed E-state index contributed by atoms with van der Waals surface area (Å²) >= 11 is 0. The molecule has 2 aliphatic rings. The summed E-state index contributed by atoms with van der Waals surface area (Å²) in [6, 6.07) is 0. The highest BCUT2D eigenvalue weighted by atomic mass is 16.2. The molecule has 1 saturated carbocycles. The maximum absolute atomic E-state index is 11.5. The highest BCUT2D eigenvalue weighted by Crippen LogP contribution is 2.42. The molecule has 0 atom stereocenters. The molecule has 2 amide bonds. The van der Waals surface area contributed by atoms with Gasteiger partial charge in [-0.15, -0.1) is 0 Å². The number of likely N-dealkylation sites (N-methyl/N-ethyl adjacent to an activating group) is 1. The van der Waals surface area contributed by atoms with Crippen molar-refractivity contribution in [3.05, 3.63) is 11.8 Å². The molecule has 0 bridgehead atoms. The van der Waals surface area contributed by atoms with Gasteiger partial charge in [0.25, 0.3) is 0 Å². The van der Waals surface area contributed by atoms with Gasteiger partial charge < -0.3 is 10.2 Å². The largest absolute Gasteiger partial charge is 0.331 e. The van der Waals surface area contributed by atoms with Gasteiger partial charge in [-0.3, -0.25) is 9.59 Å². The Bertz CT molecular complexity index is 303. The van der Waals surface area contributed by atoms with Gasteiger partial charge in [-0.2, -0.15) is 0 Å². The zero-order valence-electron chi connectivity index (χ0n) is 8.25. The number of nitrogens with zero attached hydrogens (tertiary/aromatic N) is 1. The summed E-state index contributed by atoms with van der Waals surface area (Å²) in [4.78, 5) is 23.7. The first-order valence-electron chi connectivity index (χ1n) is 4.91. The molecule has 1 fully saturated rings. The highest BCUT2D eigenvalue weighted by molar-refractivity contribution is 5.93. The Kier molecular flexibility index (Phi) is 2.06. The van der Waals surface area contributed by atoms with Gasteiger partial charge in [0.05, 0.1) is 5.54 Å². The van der Waals surface area contributed by atoms with E-state index in [1.807, 2.05) is 7.05 Å². The minimum atomic E-state index is -0.210. The van der Waals surface area contributed by atoms with E-state index in [1.54, 1.807) is 11.0 Å². The first kappa shape index (κ1) is 9.24. The van der Waals surface area contributed by atoms with Crippen LogP contribution in [0.5, 0.6) is 0 Å². The first-order chi connectivity index (χ1) is 6.70. The number of hydrogen-bond acceptors (Lipinski definition) is 2. The molecule has 1 heterocycles. The average Bonchev–Trinajstić information content (AvgIpc) is 2.72. The van der Waals surface area contributed by atoms with Gasteiger partial charge in [-0.25, -0.2) is 0 Å². The second kappa shape index (κ2) is 3.12. The van der Waals surface area contributed by atoms with Crippen molar-refractivity contribution in [1.82, 2.24) is 10.2 Å². The molecule has 76 valence electrons. The van der Waals surface area contributed by atoms with Crippen LogP contribution in [-0.2, 0) is 9.59 Å². The molecule has 1 aliphatic heterocycles. The van der Waals surface area contributed by atoms with Gasteiger partial charge >= 0.3 is 0 Å². The van der Waals surface area contributed by atoms with Crippen LogP contribution in [0.4, 0.5) is 0 Å². The Morgan fingerprint density at radius 2 is 2.14 bits per heavy atom. The van der Waals surface area contributed by atoms with Crippen LogP contribution in [0.15, 0.2) is 11.8 Å². The molecule has 0 aromatic carbocycles. The van der Waals surface area contributed by atoms with Crippen molar-refractivity contribution in [3.63, 3.8) is 0 Å². The third-order valence-electron chi connectivity index (χ3n) is 3.39. The number of hydrogen-bond donors (Lipinski definition) is 1. The van der Waals surface area contributed by atoms with Crippen molar-refractivity contribution in [1.29, 1.82) is 0 Å². The van der Waals surface area contributed by atoms with Crippen molar-refractivity contribution in [2.75, 3.05) is 7.05 Å². The lowest BCUT2D eigenvalue weighted by Crippen LogP contribution is -2.46. The lowest BCUT2D eigenvalue weighted by Gasteiger charge is -2.34. The third-order valence-corrected chi connectivity index (χ3v) is 3.39. The van der Waals surface area contributed by atoms with Gasteiger partial charge in [0.15, 0.2) is 0 Å². The predicted octanol–water partition coefficient (Wildman–Crippen LogP) is 0.401. The van der Waals surface area contributed by atoms with E-state index in [4.69, 9.17) is 0 Å². The van der Waals surface area contributed by atoms with Gasteiger partial charge in [-0.05, 0) is 12.8 Å². The number of rotatable bonds is 2. The second-order valence-electron chi connectivity index (χ2n) is 3.96. The minimum absolute atomic E-state index is 0.00347. The van der Waals surface area contributed by atoms with Crippen molar-refractivity contribution >= 4 is 12.3 Å². The van der Waals surface area contributed by atoms with E-state index in [1.165, 1.54) is 0 Å². The van der Waals surface area contributed by atoms with Crippen molar-refractivity contribution in [2.45, 2.75) is 31.2 Å². The summed E-state index contributed by atoms with van der Waals surface area (Å²) in [5, 5.41) is 2.66. The van der Waals surface area contributed by atoms with Crippen molar-refractivity contribution < 1.29 is 9.59 Å². The fraction of sp³-hybridized carbons (Fsp3) is 0.600. The number of amides is 2. The van der Waals surface area contributed by atoms with Gasteiger partial charge in [0.2, 0.25) is 12.3 Å². The van der Waals surface area contributed by atoms with E-state index >= 15 is 0 Å². The minimum Gasteiger partial charge on any atom is -0.331 e. The van der Waals surface area contributed by atoms with Gasteiger partial charge in [0.1, 0.15) is 0 Å². The summed E-state index contributed by atoms with van der Waals surface area (Å²) in [6.07, 6.45) is 6.35. The van der Waals surface area contributed by atoms with Crippen LogP contribution in [0.25, 0.3) is 0 Å². The fourth-order valence-electron chi connectivity index (χ4n) is 2.55. The van der Waals surface area contributed by atoms with Crippen LogP contribution in [-0.4, -0.2) is 29.8 Å². The molecule has 0 aromatic rings. The predicted molar refractivity (Wildman–Crippen MR) is 51.3 cm³/mol. The maximum atomic E-state index is 11.5. The Morgan fingerprint density at radius 1 is 1.50 bits per heavy atom. The Balaban J connectivity index is 2.32. The number of carbonyl (C=O) groups is 2. The summed E-state index contributed by atoms with van der Waals surface area (Å²) in [5.41, 5.74) is 0.565. The van der Waals surface area contributed by atoms with Crippen molar-refractivity contribution in [2.24, 2.45) is 0 Å². The SMILES string of the molecule is CN1C(=O)C=C(NC=O)C12CCCC2. The highest BCUT2D eigenvalue weighted by Gasteiger charge is 2.47. The zero-order valence-corrected chi connectivity index (χ0v) is 8.25. The molecule has 0 radical (unpaired) electrons. The van der Waals surface area contributed by atoms with Crippen LogP contribution in [0.1, 0.15) is 25.7 Å². The van der Waals surface area contributed by atoms with Crippen LogP contribution < -0.4 is 5.32 Å². The monoisotopic (exact) mass is 194 g/mol. The molecule has 14 heavy (non-hydrogen) atoms. The molecule has 1 spiro atoms. The molecule has 1 aliphatic carbocycles. The molecule has 0 unspecified atom stereocenters. The van der Waals surface area contributed by atoms with E-state index in [0.717, 1.165) is 31.4 Å². The van der Waals surface area contributed by atoms with Gasteiger partial charge in [-0.1, -0.05) is 12.8 Å². The zero-order chi connectivity index (χ0) is 10.2. The molecular formula is C10H14N2O2. The molecule has 0 aromatic heterocycles. The smallest absolute Gasteiger partial charge is 0.248 e. The normalized spacial score (nSPS) is 24.2. The summed E-state index contributed by atoms with van der Waals surface area (Å²) in [5.74, 6) is -0.00347. The Labute approximate surface area is 83.0 Å². The van der Waals surface area contributed by atoms with Crippen LogP contribution in [0.2, 0.25) is 0 Å². The molecule has 1 N–H and O–H groups in total. The van der Waals surface area contributed by atoms with E-state index in [-0.39, 0.29) is 11.4 Å². The Hall–Kier alpha value is -1.32. The third kappa shape index (κ3) is 1.06. The standard InChI is InChI=1S/C10H14N2O2/c1-12-9(14)6-8(11-7-13)10(12)4-2-3-5-10/h6-7H,2-5H2,1H3,(H,11,13). The van der Waals surface area contributed by atoms with Gasteiger partial charge in [0, 0.05) is 18.8 Å². The maximum Gasteiger partial charge on any atom is 0.248 e. The fourth-order valence-corrected chi connectivity index (χ4v) is 2.55. The van der Waals surface area contributed by atoms with E-state index < -0.39 is 0 Å². The van der Waals surface area contributed by atoms with Crippen LogP contribution >= 0.6 is 0 Å². The van der Waals surface area contributed by atoms with Crippen molar-refractivity contribution in [3.8, 4) is 0 Å². The average molecular weight is 194 g/mol. The van der Waals surface area contributed by atoms with E-state index in [9.17, 15) is 9.59 Å². The molecule has 0 saturated heterocycles. The first-order valence-corrected chi connectivity index (χ1v) is 4.91. The molecule has 4 heteroatoms. The molecule has 2 rings (SSSR count). The topological polar surface area (TPSA) is 49.4 Å². The Morgan fingerprint density at radius 3 is 2.71 bits per heavy atom. The van der Waals surface area contributed by atoms with E-state index in [0.29, 0.717) is 6.41 Å². The second-order valence-corrected chi connectivity index (χ2v) is 3.96. The van der Waals surface area contributed by atoms with Crippen LogP contribution in [0, 0.1) is 0 Å². The lowest BCUT2D eigenvalue weighted by atomic mass is 9.94. The van der Waals surface area contributed by atoms with E-state index in [2.05, 4.69) is 5.32 Å². The lowest BCUT2D eigenvalue weighted by molar-refractivity contribution is -0.127. The van der Waals surface area contributed by atoms with Crippen LogP contribution in [0.3, 0.4) is 0 Å². The summed E-state index contributed by atoms with van der Waals surface area (Å²) in [7, 11) is 1.81.